The van der Waals surface area contributed by atoms with Crippen molar-refractivity contribution in [3.63, 3.8) is 0 Å². The maximum Gasteiger partial charge on any atom is 0.262 e. The van der Waals surface area contributed by atoms with Crippen LogP contribution in [0.3, 0.4) is 0 Å². The molecule has 3 N–H and O–H groups in total. The Morgan fingerprint density at radius 1 is 1.27 bits per heavy atom. The molecule has 1 fully saturated rings. The molecule has 0 bridgehead atoms. The molecule has 26 heavy (non-hydrogen) atoms. The number of amides is 2. The van der Waals surface area contributed by atoms with E-state index in [4.69, 9.17) is 0 Å². The number of aromatic nitrogens is 3. The number of nitrogens with zero attached hydrogens (tertiary/aromatic N) is 3. The molecule has 2 amide bonds. The highest BCUT2D eigenvalue weighted by Crippen LogP contribution is 2.26. The average Bonchev–Trinajstić information content (AvgIpc) is 3.25. The molecule has 1 aliphatic rings. The quantitative estimate of drug-likeness (QED) is 0.745. The van der Waals surface area contributed by atoms with Gasteiger partial charge in [0.25, 0.3) is 5.92 Å². The van der Waals surface area contributed by atoms with Crippen molar-refractivity contribution in [2.75, 3.05) is 17.2 Å². The smallest absolute Gasteiger partial charge is 0.262 e. The van der Waals surface area contributed by atoms with Gasteiger partial charge in [-0.2, -0.15) is 5.10 Å². The molecule has 2 heterocycles. The third kappa shape index (κ3) is 4.20. The Hall–Kier alpha value is -2.88. The van der Waals surface area contributed by atoms with Crippen LogP contribution in [0.5, 0.6) is 0 Å². The molecule has 2 aromatic rings. The Bertz CT molecular complexity index is 779. The first-order chi connectivity index (χ1) is 12.3. The fourth-order valence-corrected chi connectivity index (χ4v) is 2.55. The highest BCUT2D eigenvalue weighted by molar-refractivity contribution is 5.96. The number of rotatable bonds is 5. The fourth-order valence-electron chi connectivity index (χ4n) is 2.55. The number of hydrogen-bond donors (Lipinski definition) is 3. The van der Waals surface area contributed by atoms with Crippen molar-refractivity contribution in [2.24, 2.45) is 0 Å². The highest BCUT2D eigenvalue weighted by atomic mass is 19.3. The second-order valence-corrected chi connectivity index (χ2v) is 6.10. The van der Waals surface area contributed by atoms with E-state index in [1.165, 1.54) is 17.3 Å². The van der Waals surface area contributed by atoms with Gasteiger partial charge in [0, 0.05) is 17.8 Å². The number of nitrogens with one attached hydrogen (secondary N) is 3. The maximum atomic E-state index is 13.1. The lowest BCUT2D eigenvalue weighted by molar-refractivity contribution is -0.119. The van der Waals surface area contributed by atoms with Crippen molar-refractivity contribution in [3.8, 4) is 0 Å². The summed E-state index contributed by atoms with van der Waals surface area (Å²) in [6.45, 7) is 1.18. The summed E-state index contributed by atoms with van der Waals surface area (Å²) < 4.78 is 27.7. The number of halogens is 2. The van der Waals surface area contributed by atoms with Crippen LogP contribution in [0.1, 0.15) is 19.4 Å². The Kier molecular flexibility index (Phi) is 4.94. The summed E-state index contributed by atoms with van der Waals surface area (Å²) in [5.41, 5.74) is 0.986. The van der Waals surface area contributed by atoms with Crippen molar-refractivity contribution in [3.05, 3.63) is 36.9 Å². The molecular weight excluding hydrogens is 346 g/mol. The Labute approximate surface area is 148 Å². The van der Waals surface area contributed by atoms with Crippen molar-refractivity contribution in [1.82, 2.24) is 20.1 Å². The van der Waals surface area contributed by atoms with Crippen LogP contribution >= 0.6 is 0 Å². The molecule has 1 aliphatic heterocycles. The number of benzene rings is 1. The Balaban J connectivity index is 1.55. The lowest BCUT2D eigenvalue weighted by Crippen LogP contribution is -2.35. The first-order valence-electron chi connectivity index (χ1n) is 8.01. The van der Waals surface area contributed by atoms with Gasteiger partial charge in [-0.3, -0.25) is 14.9 Å². The third-order valence-corrected chi connectivity index (χ3v) is 4.06. The first kappa shape index (κ1) is 17.9. The van der Waals surface area contributed by atoms with Crippen molar-refractivity contribution in [2.45, 2.75) is 31.4 Å². The summed E-state index contributed by atoms with van der Waals surface area (Å²) in [7, 11) is 0. The van der Waals surface area contributed by atoms with Crippen LogP contribution in [0, 0.1) is 0 Å². The number of carbonyl (C=O) groups excluding carboxylic acids is 2. The SMILES string of the molecule is CC(C(=O)Nc1ccc(NC(=O)C2CC(F)(F)CN2)cc1)n1cncn1. The van der Waals surface area contributed by atoms with Crippen LogP contribution in [0.4, 0.5) is 20.2 Å². The van der Waals surface area contributed by atoms with E-state index in [0.29, 0.717) is 11.4 Å². The van der Waals surface area contributed by atoms with E-state index in [-0.39, 0.29) is 5.91 Å². The number of anilines is 2. The molecule has 2 atom stereocenters. The molecule has 0 saturated carbocycles. The summed E-state index contributed by atoms with van der Waals surface area (Å²) in [6, 6.07) is 4.93. The molecule has 0 radical (unpaired) electrons. The molecule has 0 spiro atoms. The molecule has 0 aliphatic carbocycles. The van der Waals surface area contributed by atoms with E-state index >= 15 is 0 Å². The zero-order valence-electron chi connectivity index (χ0n) is 13.9. The van der Waals surface area contributed by atoms with E-state index in [9.17, 15) is 18.4 Å². The van der Waals surface area contributed by atoms with Crippen LogP contribution in [0.25, 0.3) is 0 Å². The van der Waals surface area contributed by atoms with Crippen LogP contribution in [0.15, 0.2) is 36.9 Å². The summed E-state index contributed by atoms with van der Waals surface area (Å²) in [6.07, 6.45) is 2.27. The molecule has 1 aromatic heterocycles. The summed E-state index contributed by atoms with van der Waals surface area (Å²) in [4.78, 5) is 27.9. The van der Waals surface area contributed by atoms with Crippen LogP contribution < -0.4 is 16.0 Å². The van der Waals surface area contributed by atoms with Gasteiger partial charge in [0.2, 0.25) is 11.8 Å². The van der Waals surface area contributed by atoms with Crippen LogP contribution in [-0.4, -0.2) is 45.1 Å². The van der Waals surface area contributed by atoms with E-state index in [0.717, 1.165) is 0 Å². The zero-order chi connectivity index (χ0) is 18.7. The molecule has 2 unspecified atom stereocenters. The van der Waals surface area contributed by atoms with Gasteiger partial charge >= 0.3 is 0 Å². The minimum atomic E-state index is -2.86. The molecule has 1 saturated heterocycles. The van der Waals surface area contributed by atoms with Crippen molar-refractivity contribution < 1.29 is 18.4 Å². The van der Waals surface area contributed by atoms with Gasteiger partial charge in [0.1, 0.15) is 18.7 Å². The standard InChI is InChI=1S/C16H18F2N6O2/c1-10(24-9-19-8-21-24)14(25)22-11-2-4-12(5-3-11)23-15(26)13-6-16(17,18)7-20-13/h2-5,8-10,13,20H,6-7H2,1H3,(H,22,25)(H,23,26). The molecule has 3 rings (SSSR count). The molecule has 10 heteroatoms. The van der Waals surface area contributed by atoms with Gasteiger partial charge in [-0.05, 0) is 31.2 Å². The minimum Gasteiger partial charge on any atom is -0.325 e. The fraction of sp³-hybridized carbons (Fsp3) is 0.375. The van der Waals surface area contributed by atoms with Crippen LogP contribution in [-0.2, 0) is 9.59 Å². The van der Waals surface area contributed by atoms with Crippen molar-refractivity contribution >= 4 is 23.2 Å². The predicted molar refractivity (Wildman–Crippen MR) is 89.8 cm³/mol. The second-order valence-electron chi connectivity index (χ2n) is 6.10. The normalized spacial score (nSPS) is 19.7. The lowest BCUT2D eigenvalue weighted by atomic mass is 10.1. The summed E-state index contributed by atoms with van der Waals surface area (Å²) in [5, 5.41) is 11.7. The number of alkyl halides is 2. The van der Waals surface area contributed by atoms with Gasteiger partial charge in [-0.15, -0.1) is 0 Å². The summed E-state index contributed by atoms with van der Waals surface area (Å²) >= 11 is 0. The van der Waals surface area contributed by atoms with Gasteiger partial charge in [-0.25, -0.2) is 18.4 Å². The highest BCUT2D eigenvalue weighted by Gasteiger charge is 2.42. The van der Waals surface area contributed by atoms with E-state index in [1.54, 1.807) is 31.2 Å². The lowest BCUT2D eigenvalue weighted by Gasteiger charge is -2.13. The molecule has 138 valence electrons. The topological polar surface area (TPSA) is 101 Å². The second kappa shape index (κ2) is 7.16. The first-order valence-corrected chi connectivity index (χ1v) is 8.01. The average molecular weight is 364 g/mol. The monoisotopic (exact) mass is 364 g/mol. The zero-order valence-corrected chi connectivity index (χ0v) is 13.9. The van der Waals surface area contributed by atoms with E-state index in [2.05, 4.69) is 26.0 Å². The number of hydrogen-bond acceptors (Lipinski definition) is 5. The summed E-state index contributed by atoms with van der Waals surface area (Å²) in [5.74, 6) is -3.65. The van der Waals surface area contributed by atoms with E-state index < -0.39 is 36.9 Å². The van der Waals surface area contributed by atoms with Gasteiger partial charge in [-0.1, -0.05) is 0 Å². The Morgan fingerprint density at radius 2 is 1.92 bits per heavy atom. The van der Waals surface area contributed by atoms with E-state index in [1.807, 2.05) is 0 Å². The predicted octanol–water partition coefficient (Wildman–Crippen LogP) is 1.41. The van der Waals surface area contributed by atoms with Crippen molar-refractivity contribution in [1.29, 1.82) is 0 Å². The van der Waals surface area contributed by atoms with Gasteiger partial charge in [0.15, 0.2) is 0 Å². The maximum absolute atomic E-state index is 13.1. The van der Waals surface area contributed by atoms with Gasteiger partial charge in [0.05, 0.1) is 12.6 Å². The Morgan fingerprint density at radius 3 is 2.46 bits per heavy atom. The third-order valence-electron chi connectivity index (χ3n) is 4.06. The van der Waals surface area contributed by atoms with Gasteiger partial charge < -0.3 is 10.6 Å². The molecule has 8 nitrogen and oxygen atoms in total. The molecular formula is C16H18F2N6O2. The largest absolute Gasteiger partial charge is 0.325 e. The number of carbonyl (C=O) groups is 2. The molecule has 1 aromatic carbocycles. The minimum absolute atomic E-state index is 0.273. The van der Waals surface area contributed by atoms with Crippen LogP contribution in [0.2, 0.25) is 0 Å².